The molecular formula is C58H35N3. The van der Waals surface area contributed by atoms with Crippen LogP contribution < -0.4 is 0 Å². The number of hydrogen-bond donors (Lipinski definition) is 0. The van der Waals surface area contributed by atoms with Crippen LogP contribution in [-0.4, -0.2) is 15.0 Å². The molecule has 0 unspecified atom stereocenters. The van der Waals surface area contributed by atoms with Crippen molar-refractivity contribution in [1.82, 2.24) is 15.0 Å². The lowest BCUT2D eigenvalue weighted by atomic mass is 9.70. The Morgan fingerprint density at radius 2 is 0.738 bits per heavy atom. The fourth-order valence-electron chi connectivity index (χ4n) is 10.7. The van der Waals surface area contributed by atoms with Crippen molar-refractivity contribution in [1.29, 1.82) is 0 Å². The molecule has 0 saturated heterocycles. The average molecular weight is 774 g/mol. The van der Waals surface area contributed by atoms with Crippen LogP contribution in [0, 0.1) is 0 Å². The van der Waals surface area contributed by atoms with E-state index in [0.717, 1.165) is 44.7 Å². The lowest BCUT2D eigenvalue weighted by Gasteiger charge is -2.30. The third-order valence-electron chi connectivity index (χ3n) is 13.2. The Morgan fingerprint density at radius 1 is 0.311 bits per heavy atom. The summed E-state index contributed by atoms with van der Waals surface area (Å²) in [5, 5.41) is 4.84. The van der Waals surface area contributed by atoms with Gasteiger partial charge in [-0.2, -0.15) is 0 Å². The van der Waals surface area contributed by atoms with Crippen LogP contribution >= 0.6 is 0 Å². The minimum absolute atomic E-state index is 0.445. The lowest BCUT2D eigenvalue weighted by molar-refractivity contribution is 0.794. The second-order valence-corrected chi connectivity index (χ2v) is 16.2. The molecule has 2 aromatic heterocycles. The molecular weight excluding hydrogens is 739 g/mol. The SMILES string of the molecule is c1cncc(-c2c3ccccc3c(-c3ccc(-c4nc5ccccc5nc4-c4ccc5c(c4)C4(c6ccccc6-c6ccccc64)c4ccccc4-5)cc3)c3ccccc23)c1. The van der Waals surface area contributed by atoms with E-state index in [4.69, 9.17) is 9.97 Å². The number of fused-ring (bicyclic) bond motifs is 13. The van der Waals surface area contributed by atoms with E-state index < -0.39 is 5.41 Å². The minimum atomic E-state index is -0.445. The Bertz CT molecular complexity index is 3470. The predicted molar refractivity (Wildman–Crippen MR) is 250 cm³/mol. The highest BCUT2D eigenvalue weighted by molar-refractivity contribution is 6.21. The van der Waals surface area contributed by atoms with Gasteiger partial charge < -0.3 is 0 Å². The van der Waals surface area contributed by atoms with Gasteiger partial charge in [-0.05, 0) is 107 Å². The molecule has 2 heterocycles. The van der Waals surface area contributed by atoms with Crippen molar-refractivity contribution in [2.24, 2.45) is 0 Å². The maximum Gasteiger partial charge on any atom is 0.0973 e. The topological polar surface area (TPSA) is 38.7 Å². The molecule has 2 aliphatic carbocycles. The van der Waals surface area contributed by atoms with E-state index in [-0.39, 0.29) is 0 Å². The molecule has 11 aromatic rings. The Balaban J connectivity index is 1.01. The van der Waals surface area contributed by atoms with Crippen molar-refractivity contribution in [3.8, 4) is 67.0 Å². The Labute approximate surface area is 353 Å². The van der Waals surface area contributed by atoms with Gasteiger partial charge in [-0.1, -0.05) is 176 Å². The van der Waals surface area contributed by atoms with E-state index in [1.54, 1.807) is 0 Å². The summed E-state index contributed by atoms with van der Waals surface area (Å²) in [6, 6.07) is 72.7. The molecule has 61 heavy (non-hydrogen) atoms. The molecule has 0 bridgehead atoms. The average Bonchev–Trinajstić information content (AvgIpc) is 3.80. The van der Waals surface area contributed by atoms with Crippen LogP contribution in [-0.2, 0) is 5.41 Å². The van der Waals surface area contributed by atoms with E-state index in [1.807, 2.05) is 30.6 Å². The number of aromatic nitrogens is 3. The van der Waals surface area contributed by atoms with Gasteiger partial charge >= 0.3 is 0 Å². The molecule has 0 fully saturated rings. The van der Waals surface area contributed by atoms with E-state index >= 15 is 0 Å². The van der Waals surface area contributed by atoms with Crippen LogP contribution in [0.25, 0.3) is 99.6 Å². The highest BCUT2D eigenvalue weighted by atomic mass is 14.8. The summed E-state index contributed by atoms with van der Waals surface area (Å²) in [5.41, 5.74) is 20.2. The van der Waals surface area contributed by atoms with Gasteiger partial charge in [0.25, 0.3) is 0 Å². The molecule has 0 N–H and O–H groups in total. The molecule has 3 heteroatoms. The zero-order valence-corrected chi connectivity index (χ0v) is 33.0. The summed E-state index contributed by atoms with van der Waals surface area (Å²) < 4.78 is 0. The summed E-state index contributed by atoms with van der Waals surface area (Å²) >= 11 is 0. The fraction of sp³-hybridized carbons (Fsp3) is 0.0172. The number of para-hydroxylation sites is 2. The number of pyridine rings is 1. The van der Waals surface area contributed by atoms with Gasteiger partial charge in [0, 0.05) is 29.1 Å². The number of hydrogen-bond acceptors (Lipinski definition) is 3. The summed E-state index contributed by atoms with van der Waals surface area (Å²) in [7, 11) is 0. The zero-order chi connectivity index (χ0) is 40.1. The summed E-state index contributed by atoms with van der Waals surface area (Å²) in [4.78, 5) is 15.3. The van der Waals surface area contributed by atoms with Crippen molar-refractivity contribution >= 4 is 32.6 Å². The van der Waals surface area contributed by atoms with E-state index in [2.05, 4.69) is 187 Å². The fourth-order valence-corrected chi connectivity index (χ4v) is 10.7. The predicted octanol–water partition coefficient (Wildman–Crippen LogP) is 14.3. The Kier molecular flexibility index (Phi) is 7.22. The summed E-state index contributed by atoms with van der Waals surface area (Å²) in [5.74, 6) is 0. The monoisotopic (exact) mass is 773 g/mol. The van der Waals surface area contributed by atoms with E-state index in [0.29, 0.717) is 0 Å². The summed E-state index contributed by atoms with van der Waals surface area (Å²) in [6.45, 7) is 0. The number of benzene rings is 9. The van der Waals surface area contributed by atoms with Gasteiger partial charge in [-0.3, -0.25) is 4.98 Å². The molecule has 0 saturated carbocycles. The molecule has 282 valence electrons. The van der Waals surface area contributed by atoms with Gasteiger partial charge in [0.05, 0.1) is 27.8 Å². The third kappa shape index (κ3) is 4.77. The second kappa shape index (κ2) is 13.0. The van der Waals surface area contributed by atoms with Gasteiger partial charge in [-0.25, -0.2) is 9.97 Å². The van der Waals surface area contributed by atoms with Gasteiger partial charge in [0.2, 0.25) is 0 Å². The zero-order valence-electron chi connectivity index (χ0n) is 33.0. The Morgan fingerprint density at radius 3 is 1.26 bits per heavy atom. The molecule has 1 spiro atoms. The lowest BCUT2D eigenvalue weighted by Crippen LogP contribution is -2.25. The van der Waals surface area contributed by atoms with Crippen LogP contribution in [0.3, 0.4) is 0 Å². The van der Waals surface area contributed by atoms with Gasteiger partial charge in [0.15, 0.2) is 0 Å². The highest BCUT2D eigenvalue weighted by Gasteiger charge is 2.51. The first kappa shape index (κ1) is 33.9. The van der Waals surface area contributed by atoms with Crippen LogP contribution in [0.1, 0.15) is 22.3 Å². The third-order valence-corrected chi connectivity index (χ3v) is 13.2. The quantitative estimate of drug-likeness (QED) is 0.167. The second-order valence-electron chi connectivity index (χ2n) is 16.2. The minimum Gasteiger partial charge on any atom is -0.264 e. The van der Waals surface area contributed by atoms with Gasteiger partial charge in [0.1, 0.15) is 0 Å². The van der Waals surface area contributed by atoms with Crippen molar-refractivity contribution in [3.05, 3.63) is 235 Å². The van der Waals surface area contributed by atoms with E-state index in [9.17, 15) is 0 Å². The first-order valence-electron chi connectivity index (χ1n) is 20.9. The molecule has 0 radical (unpaired) electrons. The standard InChI is InChI=1S/C58H35N3/c1-3-20-46-44(18-1)54(45-19-2-4-21-47(45)55(46)39-14-13-33-59-35-39)36-27-29-37(30-28-36)56-57(61-53-26-12-11-25-52(53)60-56)38-31-32-43-42-17-7-10-24-50(42)58(51(43)34-38)48-22-8-5-15-40(48)41-16-6-9-23-49(41)58/h1-35H. The van der Waals surface area contributed by atoms with E-state index in [1.165, 1.54) is 77.2 Å². The smallest absolute Gasteiger partial charge is 0.0973 e. The molecule has 2 aliphatic rings. The maximum absolute atomic E-state index is 5.43. The first-order valence-corrected chi connectivity index (χ1v) is 20.9. The van der Waals surface area contributed by atoms with Crippen molar-refractivity contribution in [2.75, 3.05) is 0 Å². The van der Waals surface area contributed by atoms with Crippen molar-refractivity contribution < 1.29 is 0 Å². The Hall–Kier alpha value is -8.01. The number of rotatable bonds is 4. The molecule has 0 aliphatic heterocycles. The van der Waals surface area contributed by atoms with Crippen LogP contribution in [0.15, 0.2) is 213 Å². The van der Waals surface area contributed by atoms with Gasteiger partial charge in [-0.15, -0.1) is 0 Å². The van der Waals surface area contributed by atoms with Crippen molar-refractivity contribution in [2.45, 2.75) is 5.41 Å². The van der Waals surface area contributed by atoms with Crippen LogP contribution in [0.5, 0.6) is 0 Å². The molecule has 3 nitrogen and oxygen atoms in total. The van der Waals surface area contributed by atoms with Crippen molar-refractivity contribution in [3.63, 3.8) is 0 Å². The molecule has 0 atom stereocenters. The summed E-state index contributed by atoms with van der Waals surface area (Å²) in [6.07, 6.45) is 3.80. The van der Waals surface area contributed by atoms with Crippen LogP contribution in [0.2, 0.25) is 0 Å². The molecule has 13 rings (SSSR count). The largest absolute Gasteiger partial charge is 0.264 e. The normalized spacial score (nSPS) is 13.0. The van der Waals surface area contributed by atoms with Crippen LogP contribution in [0.4, 0.5) is 0 Å². The molecule has 0 amide bonds. The first-order chi connectivity index (χ1) is 30.3. The highest BCUT2D eigenvalue weighted by Crippen LogP contribution is 2.63. The molecule has 9 aromatic carbocycles. The number of nitrogens with zero attached hydrogens (tertiary/aromatic N) is 3. The maximum atomic E-state index is 5.43.